The van der Waals surface area contributed by atoms with Gasteiger partial charge in [-0.15, -0.1) is 11.8 Å². The van der Waals surface area contributed by atoms with Gasteiger partial charge in [-0.3, -0.25) is 4.79 Å². The minimum atomic E-state index is -0.0318. The van der Waals surface area contributed by atoms with E-state index >= 15 is 0 Å². The van der Waals surface area contributed by atoms with E-state index in [0.29, 0.717) is 18.0 Å². The van der Waals surface area contributed by atoms with Crippen LogP contribution >= 0.6 is 11.8 Å². The summed E-state index contributed by atoms with van der Waals surface area (Å²) in [6.07, 6.45) is 2.30. The summed E-state index contributed by atoms with van der Waals surface area (Å²) in [6.45, 7) is 12.8. The third-order valence-electron chi connectivity index (χ3n) is 6.56. The molecule has 3 aromatic rings. The molecule has 0 radical (unpaired) electrons. The van der Waals surface area contributed by atoms with E-state index in [1.807, 2.05) is 31.2 Å². The Morgan fingerprint density at radius 3 is 2.43 bits per heavy atom. The fraction of sp³-hybridized carbons (Fsp3) is 0.448. The van der Waals surface area contributed by atoms with Crippen molar-refractivity contribution in [1.29, 1.82) is 0 Å². The second-order valence-electron chi connectivity index (χ2n) is 10.0. The Labute approximate surface area is 213 Å². The summed E-state index contributed by atoms with van der Waals surface area (Å²) in [6, 6.07) is 16.0. The molecule has 6 heteroatoms. The number of piperidine rings is 1. The van der Waals surface area contributed by atoms with Gasteiger partial charge in [0.1, 0.15) is 5.76 Å². The highest BCUT2D eigenvalue weighted by molar-refractivity contribution is 7.98. The molecule has 2 aromatic carbocycles. The monoisotopic (exact) mass is 491 g/mol. The molecule has 1 saturated heterocycles. The SMILES string of the molecule is Cc1ccc(SCc2nc(-c3ccc(C(=O)NCCCN4CC(C)CC(C)C4)cc3)oc2C)cc1. The number of carbonyl (C=O) groups is 1. The van der Waals surface area contributed by atoms with E-state index in [2.05, 4.69) is 55.3 Å². The van der Waals surface area contributed by atoms with Crippen molar-refractivity contribution in [2.75, 3.05) is 26.2 Å². The van der Waals surface area contributed by atoms with Crippen molar-refractivity contribution in [3.63, 3.8) is 0 Å². The Kier molecular flexibility index (Phi) is 8.69. The maximum absolute atomic E-state index is 12.6. The van der Waals surface area contributed by atoms with Crippen LogP contribution in [0, 0.1) is 25.7 Å². The second-order valence-corrected chi connectivity index (χ2v) is 11.1. The van der Waals surface area contributed by atoms with Crippen LogP contribution in [0.25, 0.3) is 11.5 Å². The van der Waals surface area contributed by atoms with Gasteiger partial charge in [0.2, 0.25) is 5.89 Å². The molecule has 1 N–H and O–H groups in total. The quantitative estimate of drug-likeness (QED) is 0.279. The molecule has 1 aliphatic rings. The number of hydrogen-bond donors (Lipinski definition) is 1. The maximum Gasteiger partial charge on any atom is 0.251 e. The van der Waals surface area contributed by atoms with Gasteiger partial charge in [0, 0.05) is 41.4 Å². The predicted octanol–water partition coefficient (Wildman–Crippen LogP) is 6.35. The molecule has 1 fully saturated rings. The molecule has 1 aromatic heterocycles. The van der Waals surface area contributed by atoms with Crippen molar-refractivity contribution in [1.82, 2.24) is 15.2 Å². The standard InChI is InChI=1S/C29H37N3O2S/c1-20-6-12-26(13-7-20)35-19-27-23(4)34-29(31-27)25-10-8-24(9-11-25)28(33)30-14-5-15-32-17-21(2)16-22(3)18-32/h6-13,21-22H,5,14-19H2,1-4H3,(H,30,33). The van der Waals surface area contributed by atoms with Crippen molar-refractivity contribution >= 4 is 17.7 Å². The van der Waals surface area contributed by atoms with Gasteiger partial charge in [0.15, 0.2) is 0 Å². The molecule has 4 rings (SSSR count). The van der Waals surface area contributed by atoms with Crippen LogP contribution in [-0.2, 0) is 5.75 Å². The van der Waals surface area contributed by atoms with Gasteiger partial charge < -0.3 is 14.6 Å². The number of amides is 1. The summed E-state index contributed by atoms with van der Waals surface area (Å²) in [7, 11) is 0. The van der Waals surface area contributed by atoms with Crippen molar-refractivity contribution in [3.8, 4) is 11.5 Å². The van der Waals surface area contributed by atoms with E-state index in [-0.39, 0.29) is 5.91 Å². The summed E-state index contributed by atoms with van der Waals surface area (Å²) in [5, 5.41) is 3.06. The van der Waals surface area contributed by atoms with Gasteiger partial charge in [0.25, 0.3) is 5.91 Å². The van der Waals surface area contributed by atoms with E-state index in [9.17, 15) is 4.79 Å². The lowest BCUT2D eigenvalue weighted by Crippen LogP contribution is -2.40. The lowest BCUT2D eigenvalue weighted by Gasteiger charge is -2.34. The summed E-state index contributed by atoms with van der Waals surface area (Å²) in [5.74, 6) is 3.69. The fourth-order valence-electron chi connectivity index (χ4n) is 4.82. The average Bonchev–Trinajstić information content (AvgIpc) is 3.21. The number of hydrogen-bond acceptors (Lipinski definition) is 5. The molecule has 5 nitrogen and oxygen atoms in total. The zero-order valence-corrected chi connectivity index (χ0v) is 22.2. The first kappa shape index (κ1) is 25.5. The molecule has 0 spiro atoms. The number of thioether (sulfide) groups is 1. The molecule has 2 unspecified atom stereocenters. The second kappa shape index (κ2) is 11.9. The van der Waals surface area contributed by atoms with Crippen LogP contribution in [0.4, 0.5) is 0 Å². The number of aromatic nitrogens is 1. The zero-order valence-electron chi connectivity index (χ0n) is 21.3. The molecule has 1 amide bonds. The summed E-state index contributed by atoms with van der Waals surface area (Å²) >= 11 is 1.75. The van der Waals surface area contributed by atoms with Crippen LogP contribution in [0.5, 0.6) is 0 Å². The normalized spacial score (nSPS) is 18.5. The number of nitrogens with one attached hydrogen (secondary N) is 1. The molecule has 35 heavy (non-hydrogen) atoms. The molecule has 2 atom stereocenters. The van der Waals surface area contributed by atoms with E-state index in [0.717, 1.165) is 47.6 Å². The van der Waals surface area contributed by atoms with E-state index in [1.54, 1.807) is 11.8 Å². The van der Waals surface area contributed by atoms with Gasteiger partial charge in [-0.25, -0.2) is 4.98 Å². The number of rotatable bonds is 9. The highest BCUT2D eigenvalue weighted by Gasteiger charge is 2.21. The van der Waals surface area contributed by atoms with E-state index in [4.69, 9.17) is 9.40 Å². The maximum atomic E-state index is 12.6. The highest BCUT2D eigenvalue weighted by atomic mass is 32.2. The van der Waals surface area contributed by atoms with Gasteiger partial charge in [-0.1, -0.05) is 31.5 Å². The lowest BCUT2D eigenvalue weighted by atomic mass is 9.92. The van der Waals surface area contributed by atoms with Crippen LogP contribution in [0.3, 0.4) is 0 Å². The minimum Gasteiger partial charge on any atom is -0.441 e. The highest BCUT2D eigenvalue weighted by Crippen LogP contribution is 2.28. The number of aryl methyl sites for hydroxylation is 2. The molecule has 0 saturated carbocycles. The Morgan fingerprint density at radius 1 is 1.06 bits per heavy atom. The molecule has 186 valence electrons. The lowest BCUT2D eigenvalue weighted by molar-refractivity contribution is 0.0947. The molecule has 0 aliphatic carbocycles. The number of nitrogens with zero attached hydrogens (tertiary/aromatic N) is 2. The fourth-order valence-corrected chi connectivity index (χ4v) is 5.72. The first-order valence-corrected chi connectivity index (χ1v) is 13.6. The number of oxazole rings is 1. The largest absolute Gasteiger partial charge is 0.441 e. The zero-order chi connectivity index (χ0) is 24.8. The Hall–Kier alpha value is -2.57. The number of benzene rings is 2. The average molecular weight is 492 g/mol. The Morgan fingerprint density at radius 2 is 1.74 bits per heavy atom. The van der Waals surface area contributed by atoms with Crippen molar-refractivity contribution in [3.05, 3.63) is 71.1 Å². The third kappa shape index (κ3) is 7.21. The van der Waals surface area contributed by atoms with Crippen LogP contribution in [0.1, 0.15) is 54.1 Å². The Balaban J connectivity index is 1.26. The third-order valence-corrected chi connectivity index (χ3v) is 7.59. The van der Waals surface area contributed by atoms with Gasteiger partial charge >= 0.3 is 0 Å². The van der Waals surface area contributed by atoms with Crippen molar-refractivity contribution in [2.24, 2.45) is 11.8 Å². The van der Waals surface area contributed by atoms with Gasteiger partial charge in [-0.2, -0.15) is 0 Å². The summed E-state index contributed by atoms with van der Waals surface area (Å²) in [5.41, 5.74) is 3.75. The molecule has 1 aliphatic heterocycles. The van der Waals surface area contributed by atoms with Gasteiger partial charge in [-0.05, 0) is 81.5 Å². The van der Waals surface area contributed by atoms with Crippen molar-refractivity contribution < 1.29 is 9.21 Å². The molecular weight excluding hydrogens is 454 g/mol. The number of carbonyl (C=O) groups excluding carboxylic acids is 1. The first-order valence-electron chi connectivity index (χ1n) is 12.6. The van der Waals surface area contributed by atoms with Gasteiger partial charge in [0.05, 0.1) is 5.69 Å². The molecule has 0 bridgehead atoms. The minimum absolute atomic E-state index is 0.0318. The van der Waals surface area contributed by atoms with Crippen LogP contribution in [0.2, 0.25) is 0 Å². The molecular formula is C29H37N3O2S. The number of likely N-dealkylation sites (tertiary alicyclic amines) is 1. The molecule has 2 heterocycles. The smallest absolute Gasteiger partial charge is 0.251 e. The van der Waals surface area contributed by atoms with Crippen molar-refractivity contribution in [2.45, 2.75) is 51.2 Å². The topological polar surface area (TPSA) is 58.4 Å². The van der Waals surface area contributed by atoms with Crippen LogP contribution < -0.4 is 5.32 Å². The van der Waals surface area contributed by atoms with E-state index in [1.165, 1.54) is 30.0 Å². The van der Waals surface area contributed by atoms with Crippen LogP contribution in [-0.4, -0.2) is 42.0 Å². The van der Waals surface area contributed by atoms with E-state index < -0.39 is 0 Å². The Bertz CT molecular complexity index is 1100. The first-order chi connectivity index (χ1) is 16.9. The summed E-state index contributed by atoms with van der Waals surface area (Å²) < 4.78 is 5.93. The summed E-state index contributed by atoms with van der Waals surface area (Å²) in [4.78, 5) is 21.0. The predicted molar refractivity (Wildman–Crippen MR) is 144 cm³/mol. The van der Waals surface area contributed by atoms with Crippen LogP contribution in [0.15, 0.2) is 57.8 Å².